The first-order chi connectivity index (χ1) is 9.24. The first-order valence-corrected chi connectivity index (χ1v) is 7.88. The highest BCUT2D eigenvalue weighted by Crippen LogP contribution is 2.42. The molecule has 0 radical (unpaired) electrons. The van der Waals surface area contributed by atoms with Crippen LogP contribution in [0.15, 0.2) is 44.9 Å². The molecule has 2 heterocycles. The fourth-order valence-electron chi connectivity index (χ4n) is 1.92. The van der Waals surface area contributed by atoms with Crippen LogP contribution in [0.3, 0.4) is 0 Å². The van der Waals surface area contributed by atoms with Crippen molar-refractivity contribution in [3.05, 3.63) is 35.7 Å². The van der Waals surface area contributed by atoms with E-state index in [-0.39, 0.29) is 6.04 Å². The number of aliphatic imine (C=N–C) groups is 1. The van der Waals surface area contributed by atoms with Gasteiger partial charge in [0.25, 0.3) is 0 Å². The predicted molar refractivity (Wildman–Crippen MR) is 84.9 cm³/mol. The standard InChI is InChI=1S/C14H15N3S2/c1-9(2)15-14-16-12-11(8-18-13(12)19-17-14)10-6-4-3-5-7-10/h3-9H,1-2H3,(H2,15,16,17). The minimum absolute atomic E-state index is 0.274. The van der Waals surface area contributed by atoms with E-state index in [0.717, 1.165) is 5.96 Å². The molecule has 5 heteroatoms. The van der Waals surface area contributed by atoms with Gasteiger partial charge < -0.3 is 5.32 Å². The molecule has 0 saturated heterocycles. The lowest BCUT2D eigenvalue weighted by Crippen LogP contribution is -2.29. The van der Waals surface area contributed by atoms with Crippen LogP contribution in [0, 0.1) is 0 Å². The average Bonchev–Trinajstić information content (AvgIpc) is 2.82. The van der Waals surface area contributed by atoms with Gasteiger partial charge in [-0.05, 0) is 19.4 Å². The summed E-state index contributed by atoms with van der Waals surface area (Å²) in [6.07, 6.45) is 0. The molecule has 0 unspecified atom stereocenters. The topological polar surface area (TPSA) is 36.4 Å². The van der Waals surface area contributed by atoms with Crippen LogP contribution in [0.5, 0.6) is 0 Å². The van der Waals surface area contributed by atoms with E-state index >= 15 is 0 Å². The largest absolute Gasteiger partial charge is 0.323 e. The molecule has 2 aromatic rings. The summed E-state index contributed by atoms with van der Waals surface area (Å²) in [5.41, 5.74) is 3.64. The molecular weight excluding hydrogens is 274 g/mol. The van der Waals surface area contributed by atoms with Crippen LogP contribution in [0.25, 0.3) is 11.1 Å². The summed E-state index contributed by atoms with van der Waals surface area (Å²) < 4.78 is 4.49. The first-order valence-electron chi connectivity index (χ1n) is 6.18. The maximum atomic E-state index is 4.53. The Kier molecular flexibility index (Phi) is 3.48. The van der Waals surface area contributed by atoms with Crippen LogP contribution in [0.4, 0.5) is 5.69 Å². The summed E-state index contributed by atoms with van der Waals surface area (Å²) in [5.74, 6) is 0.836. The van der Waals surface area contributed by atoms with Crippen molar-refractivity contribution in [1.82, 2.24) is 4.72 Å². The van der Waals surface area contributed by atoms with Gasteiger partial charge in [0.2, 0.25) is 5.96 Å². The fraction of sp³-hybridized carbons (Fsp3) is 0.214. The molecule has 0 bridgehead atoms. The Hall–Kier alpha value is -1.46. The molecule has 1 aromatic heterocycles. The Bertz CT molecular complexity index is 602. The molecule has 19 heavy (non-hydrogen) atoms. The maximum Gasteiger partial charge on any atom is 0.206 e. The number of thiophene rings is 1. The average molecular weight is 289 g/mol. The summed E-state index contributed by atoms with van der Waals surface area (Å²) in [6.45, 7) is 4.14. The Balaban J connectivity index is 1.97. The monoisotopic (exact) mass is 289 g/mol. The van der Waals surface area contributed by atoms with Gasteiger partial charge in [0.15, 0.2) is 0 Å². The highest BCUT2D eigenvalue weighted by molar-refractivity contribution is 8.00. The number of guanidine groups is 1. The minimum atomic E-state index is 0.274. The number of fused-ring (bicyclic) bond motifs is 1. The van der Waals surface area contributed by atoms with Crippen LogP contribution in [0.1, 0.15) is 13.8 Å². The second kappa shape index (κ2) is 5.27. The third kappa shape index (κ3) is 2.62. The van der Waals surface area contributed by atoms with Gasteiger partial charge in [0, 0.05) is 28.9 Å². The van der Waals surface area contributed by atoms with Gasteiger partial charge in [-0.3, -0.25) is 4.72 Å². The molecule has 1 aliphatic rings. The smallest absolute Gasteiger partial charge is 0.206 e. The van der Waals surface area contributed by atoms with Gasteiger partial charge >= 0.3 is 0 Å². The molecule has 2 N–H and O–H groups in total. The third-order valence-corrected chi connectivity index (χ3v) is 4.71. The van der Waals surface area contributed by atoms with E-state index in [1.807, 2.05) is 6.07 Å². The lowest BCUT2D eigenvalue weighted by atomic mass is 10.1. The number of nitrogens with zero attached hydrogens (tertiary/aromatic N) is 1. The van der Waals surface area contributed by atoms with Crippen molar-refractivity contribution < 1.29 is 0 Å². The molecule has 0 atom stereocenters. The van der Waals surface area contributed by atoms with Crippen molar-refractivity contribution in [2.45, 2.75) is 24.1 Å². The van der Waals surface area contributed by atoms with Gasteiger partial charge in [0.05, 0.1) is 5.69 Å². The molecule has 0 amide bonds. The quantitative estimate of drug-likeness (QED) is 0.813. The number of rotatable bonds is 2. The number of hydrogen-bond acceptors (Lipinski definition) is 3. The summed E-state index contributed by atoms with van der Waals surface area (Å²) >= 11 is 3.38. The van der Waals surface area contributed by atoms with E-state index in [2.05, 4.69) is 58.5 Å². The highest BCUT2D eigenvalue weighted by atomic mass is 32.2. The van der Waals surface area contributed by atoms with Crippen molar-refractivity contribution in [1.29, 1.82) is 0 Å². The van der Waals surface area contributed by atoms with Crippen LogP contribution in [0.2, 0.25) is 0 Å². The van der Waals surface area contributed by atoms with E-state index in [1.54, 1.807) is 23.3 Å². The predicted octanol–water partition coefficient (Wildman–Crippen LogP) is 4.20. The number of benzene rings is 1. The molecule has 0 aliphatic carbocycles. The summed E-state index contributed by atoms with van der Waals surface area (Å²) in [4.78, 5) is 4.53. The van der Waals surface area contributed by atoms with Crippen LogP contribution in [-0.4, -0.2) is 12.0 Å². The number of anilines is 1. The van der Waals surface area contributed by atoms with E-state index in [1.165, 1.54) is 21.0 Å². The van der Waals surface area contributed by atoms with E-state index in [0.29, 0.717) is 0 Å². The van der Waals surface area contributed by atoms with Crippen molar-refractivity contribution in [3.8, 4) is 11.1 Å². The Labute approximate surface area is 121 Å². The van der Waals surface area contributed by atoms with Crippen molar-refractivity contribution >= 4 is 34.9 Å². The lowest BCUT2D eigenvalue weighted by Gasteiger charge is -2.19. The van der Waals surface area contributed by atoms with Crippen LogP contribution in [-0.2, 0) is 0 Å². The van der Waals surface area contributed by atoms with Gasteiger partial charge in [0.1, 0.15) is 4.21 Å². The molecule has 1 aliphatic heterocycles. The van der Waals surface area contributed by atoms with Crippen molar-refractivity contribution in [2.24, 2.45) is 4.99 Å². The van der Waals surface area contributed by atoms with Gasteiger partial charge in [-0.1, -0.05) is 30.3 Å². The molecule has 3 rings (SSSR count). The fourth-order valence-corrected chi connectivity index (χ4v) is 3.69. The molecule has 0 saturated carbocycles. The summed E-state index contributed by atoms with van der Waals surface area (Å²) in [5, 5.41) is 5.60. The second-order valence-corrected chi connectivity index (χ2v) is 6.53. The maximum absolute atomic E-state index is 4.53. The Morgan fingerprint density at radius 1 is 1.16 bits per heavy atom. The normalized spacial score (nSPS) is 16.1. The Morgan fingerprint density at radius 3 is 2.68 bits per heavy atom. The summed E-state index contributed by atoms with van der Waals surface area (Å²) in [7, 11) is 0. The zero-order valence-corrected chi connectivity index (χ0v) is 12.4. The Morgan fingerprint density at radius 2 is 1.95 bits per heavy atom. The van der Waals surface area contributed by atoms with Crippen LogP contribution >= 0.6 is 23.3 Å². The molecule has 98 valence electrons. The third-order valence-electron chi connectivity index (χ3n) is 2.71. The summed E-state index contributed by atoms with van der Waals surface area (Å²) in [6, 6.07) is 10.7. The molecule has 0 spiro atoms. The number of hydrogen-bond donors (Lipinski definition) is 2. The van der Waals surface area contributed by atoms with Gasteiger partial charge in [-0.25, -0.2) is 4.99 Å². The molecular formula is C14H15N3S2. The van der Waals surface area contributed by atoms with Gasteiger partial charge in [-0.2, -0.15) is 0 Å². The zero-order chi connectivity index (χ0) is 13.2. The van der Waals surface area contributed by atoms with Crippen molar-refractivity contribution in [2.75, 3.05) is 5.32 Å². The van der Waals surface area contributed by atoms with E-state index in [4.69, 9.17) is 0 Å². The highest BCUT2D eigenvalue weighted by Gasteiger charge is 2.20. The van der Waals surface area contributed by atoms with E-state index < -0.39 is 0 Å². The van der Waals surface area contributed by atoms with Gasteiger partial charge in [-0.15, -0.1) is 11.3 Å². The second-order valence-electron chi connectivity index (χ2n) is 4.58. The zero-order valence-electron chi connectivity index (χ0n) is 10.8. The van der Waals surface area contributed by atoms with Crippen LogP contribution < -0.4 is 10.0 Å². The number of nitrogens with one attached hydrogen (secondary N) is 2. The SMILES string of the molecule is CC(C)N=C1NSc2scc(-c3ccccc3)c2N1. The molecule has 0 fully saturated rings. The van der Waals surface area contributed by atoms with E-state index in [9.17, 15) is 0 Å². The minimum Gasteiger partial charge on any atom is -0.323 e. The first kappa shape index (κ1) is 12.6. The molecule has 1 aromatic carbocycles. The molecule has 3 nitrogen and oxygen atoms in total. The van der Waals surface area contributed by atoms with Crippen molar-refractivity contribution in [3.63, 3.8) is 0 Å². The lowest BCUT2D eigenvalue weighted by molar-refractivity contribution is 0.831.